The topological polar surface area (TPSA) is 191 Å². The molecule has 0 bridgehead atoms. The highest BCUT2D eigenvalue weighted by Crippen LogP contribution is 2.27. The second-order valence-corrected chi connectivity index (χ2v) is 10.3. The number of nitrogens with two attached hydrogens (primary N) is 1. The van der Waals surface area contributed by atoms with Crippen molar-refractivity contribution in [3.63, 3.8) is 0 Å². The predicted molar refractivity (Wildman–Crippen MR) is 145 cm³/mol. The van der Waals surface area contributed by atoms with Crippen molar-refractivity contribution < 1.29 is 47.7 Å². The predicted octanol–water partition coefficient (Wildman–Crippen LogP) is -0.0331. The van der Waals surface area contributed by atoms with Gasteiger partial charge in [0, 0.05) is 36.4 Å². The lowest BCUT2D eigenvalue weighted by atomic mass is 9.70. The van der Waals surface area contributed by atoms with E-state index in [9.17, 15) is 38.4 Å². The van der Waals surface area contributed by atoms with Gasteiger partial charge in [0.2, 0.25) is 5.91 Å². The van der Waals surface area contributed by atoms with Gasteiger partial charge < -0.3 is 25.1 Å². The van der Waals surface area contributed by atoms with E-state index in [1.807, 2.05) is 0 Å². The number of halogens is 2. The lowest BCUT2D eigenvalue weighted by Gasteiger charge is -2.37. The van der Waals surface area contributed by atoms with Crippen molar-refractivity contribution in [1.82, 2.24) is 14.7 Å². The molecule has 0 unspecified atom stereocenters. The Morgan fingerprint density at radius 3 is 2.52 bits per heavy atom. The Morgan fingerprint density at radius 2 is 1.88 bits per heavy atom. The molecule has 5 rings (SSSR count). The first kappa shape index (κ1) is 29.5. The van der Waals surface area contributed by atoms with Gasteiger partial charge in [-0.1, -0.05) is 23.7 Å². The fourth-order valence-corrected chi connectivity index (χ4v) is 4.99. The molecule has 0 spiro atoms. The third-order valence-corrected chi connectivity index (χ3v) is 7.39. The third kappa shape index (κ3) is 5.58. The van der Waals surface area contributed by atoms with Crippen LogP contribution in [0.1, 0.15) is 32.8 Å². The summed E-state index contributed by atoms with van der Waals surface area (Å²) in [6.07, 6.45) is -0.606. The van der Waals surface area contributed by atoms with Gasteiger partial charge in [0.05, 0.1) is 17.0 Å². The lowest BCUT2D eigenvalue weighted by Crippen LogP contribution is -2.60. The van der Waals surface area contributed by atoms with Gasteiger partial charge in [-0.2, -0.15) is 5.10 Å². The maximum atomic E-state index is 14.3. The maximum Gasteiger partial charge on any atom is 0.537 e. The zero-order chi connectivity index (χ0) is 30.3. The summed E-state index contributed by atoms with van der Waals surface area (Å²) in [6.45, 7) is -0.802. The van der Waals surface area contributed by atoms with Crippen molar-refractivity contribution in [2.24, 2.45) is 5.73 Å². The Morgan fingerprint density at radius 1 is 1.17 bits per heavy atom. The van der Waals surface area contributed by atoms with Gasteiger partial charge in [0.15, 0.2) is 17.2 Å². The molecule has 2 aromatic carbocycles. The van der Waals surface area contributed by atoms with E-state index < -0.39 is 67.6 Å². The highest BCUT2D eigenvalue weighted by Gasteiger charge is 2.45. The van der Waals surface area contributed by atoms with Gasteiger partial charge >= 0.3 is 14.2 Å². The molecular weight excluding hydrogens is 576 g/mol. The molecule has 13 nitrogen and oxygen atoms in total. The number of carbonyl (C=O) groups excluding carboxylic acids is 5. The van der Waals surface area contributed by atoms with Crippen LogP contribution in [0.2, 0.25) is 10.8 Å². The Labute approximate surface area is 242 Å². The normalized spacial score (nSPS) is 17.3. The number of fused-ring (bicyclic) bond motifs is 1. The van der Waals surface area contributed by atoms with E-state index in [2.05, 4.69) is 5.10 Å². The quantitative estimate of drug-likeness (QED) is 0.223. The van der Waals surface area contributed by atoms with Crippen molar-refractivity contribution in [3.05, 3.63) is 64.1 Å². The molecule has 4 N–H and O–H groups in total. The summed E-state index contributed by atoms with van der Waals surface area (Å²) >= 11 is 5.78. The zero-order valence-electron chi connectivity index (χ0n) is 21.7. The van der Waals surface area contributed by atoms with Crippen molar-refractivity contribution in [2.45, 2.75) is 31.2 Å². The Hall–Kier alpha value is -3.95. The van der Waals surface area contributed by atoms with Crippen LogP contribution in [0, 0.1) is 5.82 Å². The molecule has 3 heterocycles. The minimum Gasteiger partial charge on any atom is -0.427 e. The number of amides is 3. The van der Waals surface area contributed by atoms with E-state index in [1.165, 1.54) is 36.4 Å². The van der Waals surface area contributed by atoms with Crippen molar-refractivity contribution in [3.8, 4) is 0 Å². The van der Waals surface area contributed by atoms with Gasteiger partial charge in [-0.25, -0.2) is 4.39 Å². The molecule has 0 saturated carbocycles. The number of imide groups is 1. The summed E-state index contributed by atoms with van der Waals surface area (Å²) in [5.74, 6) is -4.38. The summed E-state index contributed by atoms with van der Waals surface area (Å²) in [6, 6.07) is 7.22. The Kier molecular flexibility index (Phi) is 8.25. The molecule has 3 aromatic rings. The van der Waals surface area contributed by atoms with Crippen molar-refractivity contribution in [1.29, 1.82) is 0 Å². The van der Waals surface area contributed by atoms with Gasteiger partial charge in [-0.05, 0) is 29.8 Å². The number of nitrogens with zero attached hydrogens (tertiary/aromatic N) is 3. The molecule has 0 radical (unpaired) electrons. The number of aromatic nitrogens is 2. The molecule has 2 aliphatic heterocycles. The summed E-state index contributed by atoms with van der Waals surface area (Å²) in [5.41, 5.74) is 4.96. The first-order valence-corrected chi connectivity index (χ1v) is 13.1. The highest BCUT2D eigenvalue weighted by molar-refractivity contribution is 6.83. The number of carbonyl (C=O) groups is 5. The molecule has 2 saturated heterocycles. The molecule has 3 amide bonds. The minimum atomic E-state index is -1.67. The maximum absolute atomic E-state index is 14.3. The number of primary amides is 1. The van der Waals surface area contributed by atoms with E-state index in [4.69, 9.17) is 26.6 Å². The third-order valence-electron chi connectivity index (χ3n) is 7.10. The molecule has 2 fully saturated rings. The average molecular weight is 599 g/mol. The standard InChI is InChI=1S/C25H22B2ClFN4O9/c28-16-3-1-2-12(22(16)29)7-19(34)18-8-20(35)33(18)21(36)9-32-17-5-4-13(6-15(17)23(31-32)25(30)38)24(37)27-41-10-14(11-42-27)26(39)40/h1-6,14,18,39-40H,7-11H2,(H2,30,38)/t18-/m0/s1. The number of hydrogen-bond acceptors (Lipinski definition) is 10. The summed E-state index contributed by atoms with van der Waals surface area (Å²) < 4.78 is 26.0. The highest BCUT2D eigenvalue weighted by atomic mass is 35.5. The fraction of sp³-hybridized carbons (Fsp3) is 0.280. The minimum absolute atomic E-state index is 0.0311. The number of Topliss-reactive ketones (excluding diaryl/α,β-unsaturated/α-hetero) is 1. The van der Waals surface area contributed by atoms with Crippen molar-refractivity contribution in [2.75, 3.05) is 13.2 Å². The molecule has 0 aliphatic carbocycles. The second kappa shape index (κ2) is 11.7. The van der Waals surface area contributed by atoms with Crippen LogP contribution in [0.25, 0.3) is 10.9 Å². The van der Waals surface area contributed by atoms with Crippen LogP contribution >= 0.6 is 11.6 Å². The molecule has 42 heavy (non-hydrogen) atoms. The summed E-state index contributed by atoms with van der Waals surface area (Å²) in [5, 5.41) is 22.6. The van der Waals surface area contributed by atoms with Crippen LogP contribution in [-0.2, 0) is 36.7 Å². The molecular formula is C25H22B2ClFN4O9. The number of ketones is 1. The van der Waals surface area contributed by atoms with E-state index in [1.54, 1.807) is 0 Å². The largest absolute Gasteiger partial charge is 0.537 e. The first-order valence-electron chi connectivity index (χ1n) is 12.7. The number of benzene rings is 2. The monoisotopic (exact) mass is 598 g/mol. The van der Waals surface area contributed by atoms with Crippen molar-refractivity contribution >= 4 is 65.9 Å². The smallest absolute Gasteiger partial charge is 0.427 e. The molecule has 1 aromatic heterocycles. The van der Waals surface area contributed by atoms with E-state index in [-0.39, 0.29) is 58.8 Å². The molecule has 2 aliphatic rings. The number of β-lactam (4-membered cyclic amide) rings is 1. The average Bonchev–Trinajstić information content (AvgIpc) is 3.31. The van der Waals surface area contributed by atoms with Crippen LogP contribution in [0.15, 0.2) is 36.4 Å². The van der Waals surface area contributed by atoms with E-state index in [0.29, 0.717) is 0 Å². The molecule has 216 valence electrons. The fourth-order valence-electron chi connectivity index (χ4n) is 4.79. The van der Waals surface area contributed by atoms with Gasteiger partial charge in [-0.3, -0.25) is 33.6 Å². The summed E-state index contributed by atoms with van der Waals surface area (Å²) in [7, 11) is -2.99. The van der Waals surface area contributed by atoms with Gasteiger partial charge in [0.25, 0.3) is 11.8 Å². The van der Waals surface area contributed by atoms with Crippen LogP contribution < -0.4 is 5.73 Å². The van der Waals surface area contributed by atoms with Crippen LogP contribution in [0.4, 0.5) is 4.39 Å². The number of hydrogen-bond donors (Lipinski definition) is 3. The Bertz CT molecular complexity index is 1630. The number of rotatable bonds is 9. The second-order valence-electron chi connectivity index (χ2n) is 9.87. The van der Waals surface area contributed by atoms with Crippen LogP contribution in [0.3, 0.4) is 0 Å². The summed E-state index contributed by atoms with van der Waals surface area (Å²) in [4.78, 5) is 64.2. The SMILES string of the molecule is NC(=O)c1nn(CC(=O)N2C(=O)C[C@H]2C(=O)Cc2cccc(Cl)c2F)c2ccc(C(=O)B3OCC(B(O)O)CO3)cc12. The lowest BCUT2D eigenvalue weighted by molar-refractivity contribution is -0.162. The molecule has 1 atom stereocenters. The van der Waals surface area contributed by atoms with Gasteiger partial charge in [0.1, 0.15) is 18.4 Å². The number of likely N-dealkylation sites (tertiary alicyclic amines) is 1. The first-order chi connectivity index (χ1) is 20.0. The molecule has 17 heteroatoms. The van der Waals surface area contributed by atoms with E-state index >= 15 is 0 Å². The van der Waals surface area contributed by atoms with Crippen LogP contribution in [0.5, 0.6) is 0 Å². The zero-order valence-corrected chi connectivity index (χ0v) is 22.5. The Balaban J connectivity index is 1.34. The van der Waals surface area contributed by atoms with Gasteiger partial charge in [-0.15, -0.1) is 0 Å². The van der Waals surface area contributed by atoms with Crippen LogP contribution in [-0.4, -0.2) is 87.4 Å². The van der Waals surface area contributed by atoms with E-state index in [0.717, 1.165) is 9.58 Å².